The zero-order valence-electron chi connectivity index (χ0n) is 9.30. The van der Waals surface area contributed by atoms with Crippen molar-refractivity contribution >= 4 is 0 Å². The Morgan fingerprint density at radius 1 is 1.11 bits per heavy atom. The first-order chi connectivity index (χ1) is 8.54. The van der Waals surface area contributed by atoms with Crippen molar-refractivity contribution in [3.8, 4) is 17.2 Å². The maximum atomic E-state index is 9.63. The molecule has 7 heteroatoms. The van der Waals surface area contributed by atoms with Crippen LogP contribution in [0.1, 0.15) is 0 Å². The van der Waals surface area contributed by atoms with Gasteiger partial charge in [0.1, 0.15) is 18.3 Å². The van der Waals surface area contributed by atoms with Crippen LogP contribution >= 0.6 is 0 Å². The molecule has 0 amide bonds. The Bertz CT molecular complexity index is 402. The lowest BCUT2D eigenvalue weighted by molar-refractivity contribution is -0.117. The molecular weight excluding hydrogens is 244 g/mol. The van der Waals surface area contributed by atoms with Crippen LogP contribution in [0.3, 0.4) is 0 Å². The highest BCUT2D eigenvalue weighted by Gasteiger charge is 2.44. The van der Waals surface area contributed by atoms with Crippen molar-refractivity contribution in [2.75, 3.05) is 6.61 Å². The minimum atomic E-state index is -1.39. The van der Waals surface area contributed by atoms with E-state index < -0.39 is 31.2 Å². The highest BCUT2D eigenvalue weighted by molar-refractivity contribution is 5.49. The topological polar surface area (TPSA) is 120 Å². The molecule has 100 valence electrons. The summed E-state index contributed by atoms with van der Waals surface area (Å²) in [6.07, 6.45) is -4.94. The average molecular weight is 258 g/mol. The summed E-state index contributed by atoms with van der Waals surface area (Å²) in [5, 5.41) is 47.0. The van der Waals surface area contributed by atoms with Crippen molar-refractivity contribution in [1.82, 2.24) is 0 Å². The fourth-order valence-electron chi connectivity index (χ4n) is 1.71. The van der Waals surface area contributed by atoms with Gasteiger partial charge in [0.05, 0.1) is 6.61 Å². The predicted octanol–water partition coefficient (Wildman–Crippen LogP) is -1.08. The second kappa shape index (κ2) is 4.99. The van der Waals surface area contributed by atoms with Gasteiger partial charge in [-0.25, -0.2) is 0 Å². The first-order valence-electron chi connectivity index (χ1n) is 5.34. The Morgan fingerprint density at radius 2 is 1.72 bits per heavy atom. The molecule has 0 unspecified atom stereocenters. The number of hydrogen-bond donors (Lipinski definition) is 5. The molecule has 1 aromatic rings. The molecule has 1 heterocycles. The molecule has 1 fully saturated rings. The van der Waals surface area contributed by atoms with Gasteiger partial charge in [-0.1, -0.05) is 6.07 Å². The van der Waals surface area contributed by atoms with E-state index in [0.717, 1.165) is 0 Å². The van der Waals surface area contributed by atoms with E-state index in [0.29, 0.717) is 0 Å². The number of ether oxygens (including phenoxy) is 2. The van der Waals surface area contributed by atoms with E-state index in [4.69, 9.17) is 14.6 Å². The lowest BCUT2D eigenvalue weighted by Gasteiger charge is -2.18. The van der Waals surface area contributed by atoms with E-state index in [-0.39, 0.29) is 17.2 Å². The van der Waals surface area contributed by atoms with Crippen molar-refractivity contribution < 1.29 is 35.0 Å². The fraction of sp³-hybridized carbons (Fsp3) is 0.455. The zero-order chi connectivity index (χ0) is 13.3. The summed E-state index contributed by atoms with van der Waals surface area (Å²) >= 11 is 0. The summed E-state index contributed by atoms with van der Waals surface area (Å²) in [4.78, 5) is 0. The molecule has 0 aromatic heterocycles. The Hall–Kier alpha value is -1.54. The predicted molar refractivity (Wildman–Crippen MR) is 58.2 cm³/mol. The third-order valence-corrected chi connectivity index (χ3v) is 2.71. The van der Waals surface area contributed by atoms with Gasteiger partial charge in [-0.15, -0.1) is 0 Å². The van der Waals surface area contributed by atoms with E-state index in [1.165, 1.54) is 18.2 Å². The molecule has 18 heavy (non-hydrogen) atoms. The van der Waals surface area contributed by atoms with Gasteiger partial charge in [0.25, 0.3) is 0 Å². The number of benzene rings is 1. The summed E-state index contributed by atoms with van der Waals surface area (Å²) in [5.41, 5.74) is 0. The van der Waals surface area contributed by atoms with Crippen LogP contribution in [-0.2, 0) is 4.74 Å². The van der Waals surface area contributed by atoms with Gasteiger partial charge in [-0.3, -0.25) is 0 Å². The Labute approximate surface area is 102 Å². The van der Waals surface area contributed by atoms with Crippen molar-refractivity contribution in [3.63, 3.8) is 0 Å². The molecule has 0 spiro atoms. The average Bonchev–Trinajstić information content (AvgIpc) is 2.61. The number of phenolic OH excluding ortho intramolecular Hbond substituents is 2. The van der Waals surface area contributed by atoms with Gasteiger partial charge < -0.3 is 35.0 Å². The van der Waals surface area contributed by atoms with E-state index in [9.17, 15) is 20.4 Å². The summed E-state index contributed by atoms with van der Waals surface area (Å²) < 4.78 is 10.2. The minimum absolute atomic E-state index is 0.257. The smallest absolute Gasteiger partial charge is 0.229 e. The summed E-state index contributed by atoms with van der Waals surface area (Å²) in [6, 6.07) is 3.99. The molecule has 1 aliphatic heterocycles. The Kier molecular flexibility index (Phi) is 3.58. The highest BCUT2D eigenvalue weighted by atomic mass is 16.7. The van der Waals surface area contributed by atoms with Crippen molar-refractivity contribution in [2.24, 2.45) is 0 Å². The van der Waals surface area contributed by atoms with Crippen LogP contribution in [0, 0.1) is 0 Å². The zero-order valence-corrected chi connectivity index (χ0v) is 9.30. The lowest BCUT2D eigenvalue weighted by Crippen LogP contribution is -2.35. The Morgan fingerprint density at radius 3 is 2.22 bits per heavy atom. The maximum absolute atomic E-state index is 9.63. The molecule has 7 nitrogen and oxygen atoms in total. The fourth-order valence-corrected chi connectivity index (χ4v) is 1.71. The van der Waals surface area contributed by atoms with E-state index in [2.05, 4.69) is 0 Å². The van der Waals surface area contributed by atoms with Crippen LogP contribution in [0.25, 0.3) is 0 Å². The van der Waals surface area contributed by atoms with Crippen molar-refractivity contribution in [2.45, 2.75) is 24.6 Å². The first kappa shape index (κ1) is 12.9. The molecule has 1 aromatic carbocycles. The van der Waals surface area contributed by atoms with Crippen LogP contribution in [-0.4, -0.2) is 56.7 Å². The molecule has 0 radical (unpaired) electrons. The normalized spacial score (nSPS) is 31.5. The number of hydrogen-bond acceptors (Lipinski definition) is 7. The molecule has 4 atom stereocenters. The van der Waals surface area contributed by atoms with Crippen LogP contribution in [0.5, 0.6) is 17.2 Å². The van der Waals surface area contributed by atoms with Crippen LogP contribution in [0.4, 0.5) is 0 Å². The van der Waals surface area contributed by atoms with Gasteiger partial charge in [-0.2, -0.15) is 0 Å². The number of para-hydroxylation sites is 1. The van der Waals surface area contributed by atoms with E-state index in [1.807, 2.05) is 0 Å². The molecule has 0 aliphatic carbocycles. The molecule has 0 bridgehead atoms. The quantitative estimate of drug-likeness (QED) is 0.467. The first-order valence-corrected chi connectivity index (χ1v) is 5.34. The standard InChI is InChI=1S/C11H14O7/c12-4-7-8(15)9(16)11(17-7)18-10-5(13)2-1-3-6(10)14/h1-3,7-9,11-16H,4H2/t7-,8-,9-,11-/m0/s1. The van der Waals surface area contributed by atoms with Gasteiger partial charge in [0.2, 0.25) is 12.0 Å². The van der Waals surface area contributed by atoms with Crippen LogP contribution < -0.4 is 4.74 Å². The van der Waals surface area contributed by atoms with Crippen molar-refractivity contribution in [3.05, 3.63) is 18.2 Å². The van der Waals surface area contributed by atoms with Gasteiger partial charge in [0, 0.05) is 0 Å². The molecule has 0 saturated carbocycles. The highest BCUT2D eigenvalue weighted by Crippen LogP contribution is 2.37. The number of phenols is 2. The largest absolute Gasteiger partial charge is 0.504 e. The van der Waals surface area contributed by atoms with E-state index >= 15 is 0 Å². The number of aliphatic hydroxyl groups is 3. The number of rotatable bonds is 3. The number of aliphatic hydroxyl groups excluding tert-OH is 3. The molecule has 5 N–H and O–H groups in total. The molecular formula is C11H14O7. The van der Waals surface area contributed by atoms with Crippen LogP contribution in [0.2, 0.25) is 0 Å². The van der Waals surface area contributed by atoms with E-state index in [1.54, 1.807) is 0 Å². The summed E-state index contributed by atoms with van der Waals surface area (Å²) in [5.74, 6) is -0.909. The van der Waals surface area contributed by atoms with Gasteiger partial charge >= 0.3 is 0 Å². The third-order valence-electron chi connectivity index (χ3n) is 2.71. The SMILES string of the molecule is OC[C@@H]1O[C@@H](Oc2c(O)cccc2O)[C@@H](O)[C@H]1O. The Balaban J connectivity index is 2.15. The lowest BCUT2D eigenvalue weighted by atomic mass is 10.1. The van der Waals surface area contributed by atoms with Crippen LogP contribution in [0.15, 0.2) is 18.2 Å². The molecule has 1 saturated heterocycles. The second-order valence-electron chi connectivity index (χ2n) is 3.95. The monoisotopic (exact) mass is 258 g/mol. The summed E-state index contributed by atoms with van der Waals surface area (Å²) in [6.45, 7) is -0.481. The van der Waals surface area contributed by atoms with Gasteiger partial charge in [0.15, 0.2) is 11.5 Å². The minimum Gasteiger partial charge on any atom is -0.504 e. The summed E-state index contributed by atoms with van der Waals surface area (Å²) in [7, 11) is 0. The molecule has 2 rings (SSSR count). The van der Waals surface area contributed by atoms with Crippen molar-refractivity contribution in [1.29, 1.82) is 0 Å². The third kappa shape index (κ3) is 2.21. The number of aromatic hydroxyl groups is 2. The second-order valence-corrected chi connectivity index (χ2v) is 3.95. The van der Waals surface area contributed by atoms with Gasteiger partial charge in [-0.05, 0) is 12.1 Å². The maximum Gasteiger partial charge on any atom is 0.229 e. The molecule has 1 aliphatic rings.